The van der Waals surface area contributed by atoms with Gasteiger partial charge in [-0.25, -0.2) is 4.39 Å². The number of hydrogen-bond acceptors (Lipinski definition) is 12. The molecule has 6 rings (SSSR count). The van der Waals surface area contributed by atoms with Gasteiger partial charge in [-0.3, -0.25) is 35.2 Å². The second kappa shape index (κ2) is 21.7. The molecule has 3 heterocycles. The molecule has 14 nitrogen and oxygen atoms in total. The maximum atomic E-state index is 12.2. The lowest BCUT2D eigenvalue weighted by Crippen LogP contribution is -1.89. The van der Waals surface area contributed by atoms with Crippen LogP contribution in [0, 0.1) is 26.0 Å². The summed E-state index contributed by atoms with van der Waals surface area (Å²) in [5.74, 6) is 2.01. The molecule has 0 saturated heterocycles. The number of aliphatic hydroxyl groups excluding tert-OH is 1. The molecule has 3 aromatic carbocycles. The third-order valence-electron chi connectivity index (χ3n) is 5.29. The number of rotatable bonds is 6. The second-order valence-corrected chi connectivity index (χ2v) is 8.86. The zero-order valence-electron chi connectivity index (χ0n) is 25.9. The number of nitro groups is 2. The van der Waals surface area contributed by atoms with E-state index in [9.17, 15) is 24.6 Å². The molecule has 0 saturated carbocycles. The van der Waals surface area contributed by atoms with Gasteiger partial charge >= 0.3 is 0 Å². The van der Waals surface area contributed by atoms with Crippen LogP contribution in [0.4, 0.5) is 21.5 Å². The number of non-ortho nitro benzene ring substituents is 2. The van der Waals surface area contributed by atoms with Gasteiger partial charge in [-0.2, -0.15) is 0 Å². The fourth-order valence-electron chi connectivity index (χ4n) is 3.27. The maximum absolute atomic E-state index is 12.2. The van der Waals surface area contributed by atoms with E-state index in [1.165, 1.54) is 30.5 Å². The van der Waals surface area contributed by atoms with Crippen molar-refractivity contribution < 1.29 is 33.9 Å². The van der Waals surface area contributed by atoms with Crippen molar-refractivity contribution in [1.82, 2.24) is 15.0 Å². The number of nitrogen functional groups attached to an aromatic ring is 1. The minimum Gasteiger partial charge on any atom is -0.506 e. The van der Waals surface area contributed by atoms with E-state index in [1.54, 1.807) is 73.4 Å². The SMILES string of the molecule is CO.Nc1cccc(Oc2cccnc2)c1.O=[N+]([O-])c1cccc(F)c1.O=[N+]([O-])c1cccc(Oc2cccnc2)c1.Oc1cccnc1. The van der Waals surface area contributed by atoms with Gasteiger partial charge in [0.05, 0.1) is 40.6 Å². The van der Waals surface area contributed by atoms with Crippen molar-refractivity contribution in [3.05, 3.63) is 172 Å². The molecule has 0 unspecified atom stereocenters. The number of pyridine rings is 3. The van der Waals surface area contributed by atoms with E-state index in [1.807, 2.05) is 30.3 Å². The highest BCUT2D eigenvalue weighted by Gasteiger charge is 2.07. The van der Waals surface area contributed by atoms with Crippen molar-refractivity contribution in [3.63, 3.8) is 0 Å². The zero-order valence-corrected chi connectivity index (χ0v) is 25.9. The Morgan fingerprint density at radius 2 is 1.06 bits per heavy atom. The molecule has 0 radical (unpaired) electrons. The highest BCUT2D eigenvalue weighted by Crippen LogP contribution is 2.24. The summed E-state index contributed by atoms with van der Waals surface area (Å²) in [7, 11) is 1.00. The van der Waals surface area contributed by atoms with E-state index in [0.29, 0.717) is 22.9 Å². The van der Waals surface area contributed by atoms with E-state index in [-0.39, 0.29) is 17.1 Å². The number of aliphatic hydroxyl groups is 1. The normalized spacial score (nSPS) is 9.20. The quantitative estimate of drug-likeness (QED) is 0.0901. The molecule has 0 aliphatic carbocycles. The first kappa shape index (κ1) is 38.2. The van der Waals surface area contributed by atoms with Crippen molar-refractivity contribution in [2.45, 2.75) is 0 Å². The Kier molecular flexibility index (Phi) is 16.9. The molecule has 0 aliphatic rings. The molecular weight excluding hydrogens is 639 g/mol. The largest absolute Gasteiger partial charge is 0.506 e. The lowest BCUT2D eigenvalue weighted by Gasteiger charge is -2.04. The molecule has 4 N–H and O–H groups in total. The number of halogens is 1. The van der Waals surface area contributed by atoms with Crippen molar-refractivity contribution in [2.75, 3.05) is 12.8 Å². The molecule has 0 fully saturated rings. The average molecular weight is 671 g/mol. The van der Waals surface area contributed by atoms with E-state index in [0.717, 1.165) is 25.0 Å². The zero-order chi connectivity index (χ0) is 35.9. The topological polar surface area (TPSA) is 210 Å². The van der Waals surface area contributed by atoms with Crippen molar-refractivity contribution in [1.29, 1.82) is 0 Å². The van der Waals surface area contributed by atoms with Gasteiger partial charge in [-0.1, -0.05) is 18.2 Å². The van der Waals surface area contributed by atoms with Crippen LogP contribution in [0.2, 0.25) is 0 Å². The van der Waals surface area contributed by atoms with Gasteiger partial charge in [-0.05, 0) is 60.7 Å². The molecule has 15 heteroatoms. The number of nitrogens with zero attached hydrogens (tertiary/aromatic N) is 5. The summed E-state index contributed by atoms with van der Waals surface area (Å²) in [6, 6.07) is 28.2. The van der Waals surface area contributed by atoms with Crippen LogP contribution in [0.25, 0.3) is 0 Å². The smallest absolute Gasteiger partial charge is 0.273 e. The first-order chi connectivity index (χ1) is 23.7. The maximum Gasteiger partial charge on any atom is 0.273 e. The summed E-state index contributed by atoms with van der Waals surface area (Å²) < 4.78 is 23.1. The standard InChI is InChI=1S/C11H8N2O3.C11H10N2O.C6H4FNO2.C5H5NO.CH4O/c14-13(15)9-3-1-4-10(7-9)16-11-5-2-6-12-8-11;12-9-3-1-4-10(7-9)14-11-5-2-6-13-8-11;7-5-2-1-3-6(4-5)8(9)10;7-5-2-1-3-6-4-5;1-2/h1-8H;1-8H,12H2;1-4H;1-4,7H;2H,1H3. The molecular formula is C34H31FN6O8. The van der Waals surface area contributed by atoms with Gasteiger partial charge in [0.1, 0.15) is 34.6 Å². The van der Waals surface area contributed by atoms with Gasteiger partial charge in [0, 0.05) is 49.6 Å². The molecule has 0 spiro atoms. The van der Waals surface area contributed by atoms with E-state index >= 15 is 0 Å². The fourth-order valence-corrected chi connectivity index (χ4v) is 3.27. The number of aromatic nitrogens is 3. The van der Waals surface area contributed by atoms with Crippen molar-refractivity contribution in [3.8, 4) is 28.7 Å². The van der Waals surface area contributed by atoms with Gasteiger partial charge < -0.3 is 25.4 Å². The monoisotopic (exact) mass is 670 g/mol. The molecule has 0 atom stereocenters. The molecule has 252 valence electrons. The van der Waals surface area contributed by atoms with Crippen molar-refractivity contribution in [2.24, 2.45) is 0 Å². The summed E-state index contributed by atoms with van der Waals surface area (Å²) >= 11 is 0. The van der Waals surface area contributed by atoms with E-state index in [2.05, 4.69) is 15.0 Å². The Hall–Kier alpha value is -7.00. The number of aromatic hydroxyl groups is 1. The summed E-state index contributed by atoms with van der Waals surface area (Å²) in [4.78, 5) is 30.9. The van der Waals surface area contributed by atoms with Crippen LogP contribution < -0.4 is 15.2 Å². The number of ether oxygens (including phenoxy) is 2. The van der Waals surface area contributed by atoms with Crippen molar-refractivity contribution >= 4 is 17.1 Å². The number of nitrogens with two attached hydrogens (primary N) is 1. The average Bonchev–Trinajstić information content (AvgIpc) is 3.11. The molecule has 6 aromatic rings. The fraction of sp³-hybridized carbons (Fsp3) is 0.0294. The molecule has 49 heavy (non-hydrogen) atoms. The van der Waals surface area contributed by atoms with Gasteiger partial charge in [0.2, 0.25) is 0 Å². The molecule has 3 aromatic heterocycles. The van der Waals surface area contributed by atoms with Crippen LogP contribution in [0.15, 0.2) is 146 Å². The summed E-state index contributed by atoms with van der Waals surface area (Å²) in [5, 5.41) is 36.1. The number of hydrogen-bond donors (Lipinski definition) is 3. The van der Waals surface area contributed by atoms with Crippen LogP contribution in [0.5, 0.6) is 28.7 Å². The lowest BCUT2D eigenvalue weighted by molar-refractivity contribution is -0.385. The summed E-state index contributed by atoms with van der Waals surface area (Å²) in [6.45, 7) is 0. The van der Waals surface area contributed by atoms with Crippen LogP contribution in [0.1, 0.15) is 0 Å². The Morgan fingerprint density at radius 3 is 1.45 bits per heavy atom. The number of benzene rings is 3. The lowest BCUT2D eigenvalue weighted by atomic mass is 10.3. The predicted octanol–water partition coefficient (Wildman–Crippen LogP) is 7.37. The minimum atomic E-state index is -0.636. The highest BCUT2D eigenvalue weighted by atomic mass is 19.1. The van der Waals surface area contributed by atoms with Crippen LogP contribution in [0.3, 0.4) is 0 Å². The molecule has 0 bridgehead atoms. The van der Waals surface area contributed by atoms with Crippen LogP contribution >= 0.6 is 0 Å². The van der Waals surface area contributed by atoms with Gasteiger partial charge in [0.15, 0.2) is 0 Å². The minimum absolute atomic E-state index is 0.00129. The molecule has 0 aliphatic heterocycles. The molecule has 0 amide bonds. The Morgan fingerprint density at radius 1 is 0.612 bits per heavy atom. The Bertz CT molecular complexity index is 1840. The van der Waals surface area contributed by atoms with E-state index in [4.69, 9.17) is 25.4 Å². The predicted molar refractivity (Wildman–Crippen MR) is 180 cm³/mol. The first-order valence-electron chi connectivity index (χ1n) is 13.9. The summed E-state index contributed by atoms with van der Waals surface area (Å²) in [5.41, 5.74) is 6.08. The number of nitro benzene ring substituents is 2. The third kappa shape index (κ3) is 15.7. The number of anilines is 1. The van der Waals surface area contributed by atoms with Crippen LogP contribution in [-0.2, 0) is 0 Å². The van der Waals surface area contributed by atoms with Gasteiger partial charge in [0.25, 0.3) is 11.4 Å². The van der Waals surface area contributed by atoms with Gasteiger partial charge in [-0.15, -0.1) is 0 Å². The summed E-state index contributed by atoms with van der Waals surface area (Å²) in [6.07, 6.45) is 9.52. The third-order valence-corrected chi connectivity index (χ3v) is 5.29. The Balaban J connectivity index is 0.000000231. The second-order valence-electron chi connectivity index (χ2n) is 8.86. The first-order valence-corrected chi connectivity index (χ1v) is 13.9. The van der Waals surface area contributed by atoms with E-state index < -0.39 is 15.7 Å². The van der Waals surface area contributed by atoms with Crippen LogP contribution in [-0.4, -0.2) is 42.1 Å². The Labute approximate surface area is 279 Å². The highest BCUT2D eigenvalue weighted by molar-refractivity contribution is 5.45.